The minimum Gasteiger partial charge on any atom is -0.469 e. The van der Waals surface area contributed by atoms with Crippen LogP contribution in [0, 0.1) is 5.92 Å². The third kappa shape index (κ3) is 1.75. The number of methoxy groups -OCH3 is 1. The molecule has 21 heavy (non-hydrogen) atoms. The Labute approximate surface area is 124 Å². The molecular weight excluding hydrogens is 264 g/mol. The average Bonchev–Trinajstić information content (AvgIpc) is 2.92. The number of hydrogen-bond acceptors (Lipinski definition) is 3. The second kappa shape index (κ2) is 4.46. The van der Waals surface area contributed by atoms with Crippen molar-refractivity contribution in [1.82, 2.24) is 10.2 Å². The maximum Gasteiger partial charge on any atom is 0.313 e. The fraction of sp³-hybridized carbons (Fsp3) is 0.353. The number of ether oxygens (including phenoxy) is 1. The molecule has 1 aromatic carbocycles. The van der Waals surface area contributed by atoms with Crippen LogP contribution in [0.1, 0.15) is 17.5 Å². The van der Waals surface area contributed by atoms with Crippen molar-refractivity contribution in [3.63, 3.8) is 0 Å². The quantitative estimate of drug-likeness (QED) is 0.741. The molecule has 2 aliphatic heterocycles. The first-order chi connectivity index (χ1) is 10.2. The molecule has 3 aliphatic rings. The molecule has 4 heteroatoms. The zero-order valence-electron chi connectivity index (χ0n) is 12.2. The first kappa shape index (κ1) is 12.7. The van der Waals surface area contributed by atoms with Gasteiger partial charge in [-0.15, -0.1) is 0 Å². The van der Waals surface area contributed by atoms with Gasteiger partial charge in [-0.2, -0.15) is 0 Å². The van der Waals surface area contributed by atoms with Crippen LogP contribution in [-0.2, 0) is 9.53 Å². The highest BCUT2D eigenvalue weighted by atomic mass is 16.5. The maximum absolute atomic E-state index is 11.9. The van der Waals surface area contributed by atoms with Crippen LogP contribution in [-0.4, -0.2) is 37.6 Å². The minimum absolute atomic E-state index is 0.161. The van der Waals surface area contributed by atoms with Crippen molar-refractivity contribution < 1.29 is 9.53 Å². The summed E-state index contributed by atoms with van der Waals surface area (Å²) in [5.41, 5.74) is 6.07. The Kier molecular flexibility index (Phi) is 2.69. The Morgan fingerprint density at radius 2 is 2.29 bits per heavy atom. The third-order valence-electron chi connectivity index (χ3n) is 4.71. The van der Waals surface area contributed by atoms with E-state index in [4.69, 9.17) is 4.74 Å². The molecular formula is C17H17N2O2. The van der Waals surface area contributed by atoms with Crippen LogP contribution < -0.4 is 5.32 Å². The van der Waals surface area contributed by atoms with Crippen molar-refractivity contribution in [1.29, 1.82) is 0 Å². The third-order valence-corrected chi connectivity index (χ3v) is 4.71. The van der Waals surface area contributed by atoms with Gasteiger partial charge in [0.1, 0.15) is 0 Å². The summed E-state index contributed by atoms with van der Waals surface area (Å²) in [6, 6.07) is 6.56. The van der Waals surface area contributed by atoms with E-state index in [1.54, 1.807) is 0 Å². The van der Waals surface area contributed by atoms with E-state index in [1.807, 2.05) is 18.3 Å². The van der Waals surface area contributed by atoms with Gasteiger partial charge in [-0.1, -0.05) is 18.2 Å². The number of nitrogens with zero attached hydrogens (tertiary/aromatic N) is 2. The summed E-state index contributed by atoms with van der Waals surface area (Å²) in [4.78, 5) is 14.2. The van der Waals surface area contributed by atoms with Crippen LogP contribution in [0.4, 0.5) is 5.69 Å². The van der Waals surface area contributed by atoms with Crippen molar-refractivity contribution in [2.75, 3.05) is 20.7 Å². The summed E-state index contributed by atoms with van der Waals surface area (Å²) >= 11 is 0. The van der Waals surface area contributed by atoms with Crippen molar-refractivity contribution in [2.24, 2.45) is 5.92 Å². The Balaban J connectivity index is 1.87. The second-order valence-electron chi connectivity index (χ2n) is 5.89. The number of hydrogen-bond donors (Lipinski definition) is 0. The molecule has 1 aliphatic carbocycles. The average molecular weight is 281 g/mol. The molecule has 0 saturated heterocycles. The monoisotopic (exact) mass is 281 g/mol. The highest BCUT2D eigenvalue weighted by molar-refractivity contribution is 5.95. The molecule has 0 bridgehead atoms. The maximum atomic E-state index is 11.9. The Morgan fingerprint density at radius 1 is 1.43 bits per heavy atom. The van der Waals surface area contributed by atoms with Crippen molar-refractivity contribution in [3.8, 4) is 0 Å². The molecule has 0 N–H and O–H groups in total. The van der Waals surface area contributed by atoms with Crippen LogP contribution in [0.3, 0.4) is 0 Å². The summed E-state index contributed by atoms with van der Waals surface area (Å²) in [6.45, 7) is 0.709. The van der Waals surface area contributed by atoms with Crippen LogP contribution >= 0.6 is 0 Å². The lowest BCUT2D eigenvalue weighted by molar-refractivity contribution is -0.144. The van der Waals surface area contributed by atoms with E-state index < -0.39 is 0 Å². The number of likely N-dealkylation sites (N-methyl/N-ethyl adjacent to an activating group) is 1. The van der Waals surface area contributed by atoms with Gasteiger partial charge in [-0.3, -0.25) is 15.0 Å². The number of benzene rings is 1. The standard InChI is InChI=1S/C17H17N2O2/c1-19-9-11(17(20)21-2)6-13-12-4-3-5-14-16(12)10(8-18-14)7-15(13)19/h3-6,8,11,15H,7,9H2,1-2H3/t11?,15-/m1/s1. The predicted octanol–water partition coefficient (Wildman–Crippen LogP) is 2.17. The van der Waals surface area contributed by atoms with Gasteiger partial charge >= 0.3 is 5.97 Å². The molecule has 0 amide bonds. The number of rotatable bonds is 1. The van der Waals surface area contributed by atoms with E-state index in [1.165, 1.54) is 29.4 Å². The van der Waals surface area contributed by atoms with Crippen LogP contribution in [0.5, 0.6) is 0 Å². The van der Waals surface area contributed by atoms with E-state index in [9.17, 15) is 4.79 Å². The summed E-state index contributed by atoms with van der Waals surface area (Å²) in [6.07, 6.45) is 5.05. The van der Waals surface area contributed by atoms with Gasteiger partial charge < -0.3 is 4.74 Å². The van der Waals surface area contributed by atoms with E-state index in [0.717, 1.165) is 12.1 Å². The Hall–Kier alpha value is -2.07. The molecule has 0 fully saturated rings. The SMILES string of the molecule is COC(=O)C1C=C2c3cccc4c3C(=C[N]4)C[C@H]2N(C)C1. The second-order valence-corrected chi connectivity index (χ2v) is 5.89. The number of carbonyl (C=O) groups is 1. The first-order valence-corrected chi connectivity index (χ1v) is 7.22. The van der Waals surface area contributed by atoms with Crippen molar-refractivity contribution in [3.05, 3.63) is 41.6 Å². The van der Waals surface area contributed by atoms with Gasteiger partial charge in [0.25, 0.3) is 0 Å². The fourth-order valence-corrected chi connectivity index (χ4v) is 3.69. The molecule has 4 rings (SSSR count). The van der Waals surface area contributed by atoms with E-state index >= 15 is 0 Å². The van der Waals surface area contributed by atoms with E-state index in [2.05, 4.69) is 29.4 Å². The number of esters is 1. The van der Waals surface area contributed by atoms with Gasteiger partial charge in [0, 0.05) is 24.4 Å². The van der Waals surface area contributed by atoms with Gasteiger partial charge in [0.2, 0.25) is 0 Å². The van der Waals surface area contributed by atoms with Gasteiger partial charge in [-0.25, -0.2) is 0 Å². The molecule has 4 nitrogen and oxygen atoms in total. The van der Waals surface area contributed by atoms with Gasteiger partial charge in [0.05, 0.1) is 18.7 Å². The van der Waals surface area contributed by atoms with E-state index in [-0.39, 0.29) is 11.9 Å². The lowest BCUT2D eigenvalue weighted by atomic mass is 9.77. The topological polar surface area (TPSA) is 43.6 Å². The number of fused-ring (bicyclic) bond motifs is 2. The van der Waals surface area contributed by atoms with Gasteiger partial charge in [0.15, 0.2) is 0 Å². The van der Waals surface area contributed by atoms with Crippen LogP contribution in [0.2, 0.25) is 0 Å². The molecule has 1 aromatic rings. The van der Waals surface area contributed by atoms with Gasteiger partial charge in [-0.05, 0) is 36.2 Å². The van der Waals surface area contributed by atoms with Crippen LogP contribution in [0.25, 0.3) is 11.1 Å². The molecule has 107 valence electrons. The highest BCUT2D eigenvalue weighted by Gasteiger charge is 2.38. The molecule has 0 spiro atoms. The Bertz CT molecular complexity index is 690. The largest absolute Gasteiger partial charge is 0.469 e. The zero-order valence-corrected chi connectivity index (χ0v) is 12.2. The fourth-order valence-electron chi connectivity index (χ4n) is 3.69. The molecule has 1 unspecified atom stereocenters. The first-order valence-electron chi connectivity index (χ1n) is 7.22. The van der Waals surface area contributed by atoms with E-state index in [0.29, 0.717) is 12.6 Å². The molecule has 2 atom stereocenters. The Morgan fingerprint density at radius 3 is 3.10 bits per heavy atom. The molecule has 2 heterocycles. The lowest BCUT2D eigenvalue weighted by Crippen LogP contribution is -2.43. The number of carbonyl (C=O) groups excluding carboxylic acids is 1. The molecule has 0 aromatic heterocycles. The van der Waals surface area contributed by atoms with Crippen LogP contribution in [0.15, 0.2) is 30.5 Å². The lowest BCUT2D eigenvalue weighted by Gasteiger charge is -2.40. The summed E-state index contributed by atoms with van der Waals surface area (Å²) in [7, 11) is 3.53. The normalized spacial score (nSPS) is 26.2. The summed E-state index contributed by atoms with van der Waals surface area (Å²) in [5.74, 6) is -0.350. The highest BCUT2D eigenvalue weighted by Crippen LogP contribution is 2.47. The smallest absolute Gasteiger partial charge is 0.313 e. The van der Waals surface area contributed by atoms with Crippen molar-refractivity contribution in [2.45, 2.75) is 12.5 Å². The molecule has 0 saturated carbocycles. The summed E-state index contributed by atoms with van der Waals surface area (Å²) in [5, 5.41) is 4.51. The summed E-state index contributed by atoms with van der Waals surface area (Å²) < 4.78 is 4.92. The predicted molar refractivity (Wildman–Crippen MR) is 80.7 cm³/mol. The molecule has 1 radical (unpaired) electrons. The zero-order chi connectivity index (χ0) is 14.6. The van der Waals surface area contributed by atoms with Crippen molar-refractivity contribution >= 4 is 22.8 Å². The minimum atomic E-state index is -0.189.